The third-order valence-electron chi connectivity index (χ3n) is 3.66. The smallest absolute Gasteiger partial charge is 0.230 e. The van der Waals surface area contributed by atoms with Crippen LogP contribution in [0.2, 0.25) is 0 Å². The number of fused-ring (bicyclic) bond motifs is 1. The summed E-state index contributed by atoms with van der Waals surface area (Å²) >= 11 is 3.03. The molecule has 118 valence electrons. The molecule has 0 saturated heterocycles. The van der Waals surface area contributed by atoms with E-state index in [4.69, 9.17) is 5.73 Å². The SMILES string of the molecule is Cc1ccc(-c2c(C)sc3ncnc(SC(C)C(N)=O)c23)cc1. The molecule has 0 spiro atoms. The van der Waals surface area contributed by atoms with E-state index in [2.05, 4.69) is 48.1 Å². The fraction of sp³-hybridized carbons (Fsp3) is 0.235. The molecule has 0 saturated carbocycles. The normalized spacial score (nSPS) is 12.5. The first-order chi connectivity index (χ1) is 11.0. The molecular formula is C17H17N3OS2. The maximum atomic E-state index is 11.4. The second kappa shape index (κ2) is 6.29. The summed E-state index contributed by atoms with van der Waals surface area (Å²) in [4.78, 5) is 22.3. The van der Waals surface area contributed by atoms with Crippen LogP contribution in [0.15, 0.2) is 35.6 Å². The molecule has 0 radical (unpaired) electrons. The summed E-state index contributed by atoms with van der Waals surface area (Å²) < 4.78 is 0. The van der Waals surface area contributed by atoms with Gasteiger partial charge in [0.05, 0.1) is 10.6 Å². The van der Waals surface area contributed by atoms with Gasteiger partial charge in [-0.05, 0) is 26.3 Å². The lowest BCUT2D eigenvalue weighted by Gasteiger charge is -2.09. The van der Waals surface area contributed by atoms with E-state index in [-0.39, 0.29) is 11.2 Å². The summed E-state index contributed by atoms with van der Waals surface area (Å²) in [6, 6.07) is 8.42. The van der Waals surface area contributed by atoms with Gasteiger partial charge in [-0.25, -0.2) is 9.97 Å². The zero-order valence-corrected chi connectivity index (χ0v) is 14.8. The number of nitrogens with two attached hydrogens (primary N) is 1. The number of primary amides is 1. The van der Waals surface area contributed by atoms with Crippen molar-refractivity contribution in [2.75, 3.05) is 0 Å². The third-order valence-corrected chi connectivity index (χ3v) is 5.79. The lowest BCUT2D eigenvalue weighted by Crippen LogP contribution is -2.22. The minimum absolute atomic E-state index is 0.334. The summed E-state index contributed by atoms with van der Waals surface area (Å²) in [5, 5.41) is 1.48. The first kappa shape index (κ1) is 16.0. The Morgan fingerprint density at radius 2 is 1.91 bits per heavy atom. The Hall–Kier alpha value is -1.92. The highest BCUT2D eigenvalue weighted by Gasteiger charge is 2.20. The third kappa shape index (κ3) is 3.09. The molecule has 1 atom stereocenters. The summed E-state index contributed by atoms with van der Waals surface area (Å²) in [5.74, 6) is -0.342. The van der Waals surface area contributed by atoms with Gasteiger partial charge in [0.25, 0.3) is 0 Å². The molecule has 1 amide bonds. The standard InChI is InChI=1S/C17H17N3OS2/c1-9-4-6-12(7-5-9)13-10(2)22-16-14(13)17(20-8-19-16)23-11(3)15(18)21/h4-8,11H,1-3H3,(H2,18,21). The van der Waals surface area contributed by atoms with Crippen molar-refractivity contribution >= 4 is 39.2 Å². The fourth-order valence-electron chi connectivity index (χ4n) is 2.40. The zero-order valence-electron chi connectivity index (χ0n) is 13.2. The summed E-state index contributed by atoms with van der Waals surface area (Å²) in [6.07, 6.45) is 1.55. The minimum atomic E-state index is -0.342. The molecule has 0 fully saturated rings. The van der Waals surface area contributed by atoms with Gasteiger partial charge in [-0.3, -0.25) is 4.79 Å². The number of nitrogens with zero attached hydrogens (tertiary/aromatic N) is 2. The molecule has 2 aromatic heterocycles. The second-order valence-electron chi connectivity index (χ2n) is 5.42. The van der Waals surface area contributed by atoms with Crippen LogP contribution in [-0.2, 0) is 4.79 Å². The Morgan fingerprint density at radius 3 is 2.57 bits per heavy atom. The molecule has 2 N–H and O–H groups in total. The number of carbonyl (C=O) groups excluding carboxylic acids is 1. The Balaban J connectivity index is 2.19. The van der Waals surface area contributed by atoms with Crippen molar-refractivity contribution in [1.29, 1.82) is 0 Å². The molecular weight excluding hydrogens is 326 g/mol. The fourth-order valence-corrected chi connectivity index (χ4v) is 4.35. The number of hydrogen-bond donors (Lipinski definition) is 1. The largest absolute Gasteiger partial charge is 0.369 e. The van der Waals surface area contributed by atoms with E-state index in [1.807, 2.05) is 0 Å². The lowest BCUT2D eigenvalue weighted by molar-refractivity contribution is -0.117. The number of aromatic nitrogens is 2. The second-order valence-corrected chi connectivity index (χ2v) is 7.95. The molecule has 1 unspecified atom stereocenters. The Morgan fingerprint density at radius 1 is 1.22 bits per heavy atom. The van der Waals surface area contributed by atoms with Gasteiger partial charge in [-0.1, -0.05) is 41.6 Å². The highest BCUT2D eigenvalue weighted by atomic mass is 32.2. The van der Waals surface area contributed by atoms with Gasteiger partial charge in [-0.2, -0.15) is 0 Å². The first-order valence-corrected chi connectivity index (χ1v) is 8.94. The van der Waals surface area contributed by atoms with Gasteiger partial charge in [0.2, 0.25) is 5.91 Å². The number of carbonyl (C=O) groups is 1. The number of hydrogen-bond acceptors (Lipinski definition) is 5. The maximum Gasteiger partial charge on any atom is 0.230 e. The molecule has 6 heteroatoms. The molecule has 4 nitrogen and oxygen atoms in total. The summed E-state index contributed by atoms with van der Waals surface area (Å²) in [6.45, 7) is 5.96. The predicted molar refractivity (Wildman–Crippen MR) is 96.8 cm³/mol. The van der Waals surface area contributed by atoms with Crippen LogP contribution in [0.5, 0.6) is 0 Å². The number of amides is 1. The molecule has 0 aliphatic rings. The average Bonchev–Trinajstić information content (AvgIpc) is 2.85. The van der Waals surface area contributed by atoms with Crippen LogP contribution in [0.25, 0.3) is 21.3 Å². The average molecular weight is 343 g/mol. The van der Waals surface area contributed by atoms with E-state index in [0.717, 1.165) is 26.4 Å². The van der Waals surface area contributed by atoms with Crippen molar-refractivity contribution in [2.45, 2.75) is 31.0 Å². The topological polar surface area (TPSA) is 68.9 Å². The van der Waals surface area contributed by atoms with E-state index in [1.165, 1.54) is 22.2 Å². The molecule has 0 bridgehead atoms. The van der Waals surface area contributed by atoms with Crippen molar-refractivity contribution in [3.63, 3.8) is 0 Å². The molecule has 3 rings (SSSR count). The van der Waals surface area contributed by atoms with E-state index < -0.39 is 0 Å². The number of benzene rings is 1. The van der Waals surface area contributed by atoms with Crippen molar-refractivity contribution in [3.05, 3.63) is 41.0 Å². The maximum absolute atomic E-state index is 11.4. The van der Waals surface area contributed by atoms with E-state index in [0.29, 0.717) is 0 Å². The van der Waals surface area contributed by atoms with Gasteiger partial charge in [0.1, 0.15) is 16.2 Å². The van der Waals surface area contributed by atoms with Gasteiger partial charge in [0, 0.05) is 10.4 Å². The minimum Gasteiger partial charge on any atom is -0.369 e. The van der Waals surface area contributed by atoms with Crippen molar-refractivity contribution in [2.24, 2.45) is 5.73 Å². The molecule has 23 heavy (non-hydrogen) atoms. The van der Waals surface area contributed by atoms with Crippen molar-refractivity contribution in [1.82, 2.24) is 9.97 Å². The van der Waals surface area contributed by atoms with Crippen LogP contribution in [0.4, 0.5) is 0 Å². The van der Waals surface area contributed by atoms with Gasteiger partial charge < -0.3 is 5.73 Å². The van der Waals surface area contributed by atoms with Crippen LogP contribution in [0, 0.1) is 13.8 Å². The summed E-state index contributed by atoms with van der Waals surface area (Å²) in [7, 11) is 0. The van der Waals surface area contributed by atoms with Crippen LogP contribution in [-0.4, -0.2) is 21.1 Å². The number of thioether (sulfide) groups is 1. The number of rotatable bonds is 4. The van der Waals surface area contributed by atoms with Crippen LogP contribution in [0.1, 0.15) is 17.4 Å². The van der Waals surface area contributed by atoms with Crippen LogP contribution >= 0.6 is 23.1 Å². The quantitative estimate of drug-likeness (QED) is 0.575. The van der Waals surface area contributed by atoms with E-state index in [1.54, 1.807) is 24.6 Å². The highest BCUT2D eigenvalue weighted by molar-refractivity contribution is 8.00. The lowest BCUT2D eigenvalue weighted by atomic mass is 10.0. The van der Waals surface area contributed by atoms with Gasteiger partial charge in [-0.15, -0.1) is 11.3 Å². The molecule has 2 heterocycles. The van der Waals surface area contributed by atoms with Gasteiger partial charge >= 0.3 is 0 Å². The molecule has 1 aromatic carbocycles. The Kier molecular flexibility index (Phi) is 4.37. The van der Waals surface area contributed by atoms with Crippen molar-refractivity contribution in [3.8, 4) is 11.1 Å². The van der Waals surface area contributed by atoms with Crippen LogP contribution in [0.3, 0.4) is 0 Å². The number of aryl methyl sites for hydroxylation is 2. The van der Waals surface area contributed by atoms with E-state index in [9.17, 15) is 4.79 Å². The summed E-state index contributed by atoms with van der Waals surface area (Å²) in [5.41, 5.74) is 8.90. The van der Waals surface area contributed by atoms with Crippen molar-refractivity contribution < 1.29 is 4.79 Å². The van der Waals surface area contributed by atoms with Gasteiger partial charge in [0.15, 0.2) is 0 Å². The Bertz CT molecular complexity index is 871. The molecule has 0 aliphatic carbocycles. The zero-order chi connectivity index (χ0) is 16.6. The number of thiophene rings is 1. The Labute approximate surface area is 143 Å². The highest BCUT2D eigenvalue weighted by Crippen LogP contribution is 2.41. The molecule has 3 aromatic rings. The monoisotopic (exact) mass is 343 g/mol. The van der Waals surface area contributed by atoms with E-state index >= 15 is 0 Å². The van der Waals surface area contributed by atoms with Crippen LogP contribution < -0.4 is 5.73 Å². The molecule has 0 aliphatic heterocycles. The first-order valence-electron chi connectivity index (χ1n) is 7.24. The predicted octanol–water partition coefficient (Wildman–Crippen LogP) is 3.94.